The Kier molecular flexibility index (Phi) is 2.26. The second-order valence-electron chi connectivity index (χ2n) is 4.22. The molecule has 0 spiro atoms. The lowest BCUT2D eigenvalue weighted by molar-refractivity contribution is 0.456. The maximum Gasteiger partial charge on any atom is 0.208 e. The lowest BCUT2D eigenvalue weighted by atomic mass is 10.1. The van der Waals surface area contributed by atoms with E-state index in [1.54, 1.807) is 0 Å². The summed E-state index contributed by atoms with van der Waals surface area (Å²) in [6.07, 6.45) is 2.97. The number of hydrogen-bond acceptors (Lipinski definition) is 3. The molecule has 0 amide bonds. The molecule has 1 aromatic carbocycles. The van der Waals surface area contributed by atoms with Gasteiger partial charge in [-0.15, -0.1) is 0 Å². The van der Waals surface area contributed by atoms with E-state index in [4.69, 9.17) is 10.2 Å². The van der Waals surface area contributed by atoms with Crippen molar-refractivity contribution in [3.8, 4) is 0 Å². The molecule has 0 aliphatic heterocycles. The molecule has 0 bridgehead atoms. The number of hydrogen-bond donors (Lipinski definition) is 1. The Balaban J connectivity index is 1.76. The topological polar surface area (TPSA) is 52.0 Å². The van der Waals surface area contributed by atoms with Crippen LogP contribution in [0.25, 0.3) is 0 Å². The first-order valence-electron chi connectivity index (χ1n) is 5.58. The van der Waals surface area contributed by atoms with Crippen molar-refractivity contribution in [2.45, 2.75) is 24.8 Å². The minimum atomic E-state index is 0.378. The largest absolute Gasteiger partial charge is 0.444 e. The van der Waals surface area contributed by atoms with Gasteiger partial charge in [0.15, 0.2) is 0 Å². The van der Waals surface area contributed by atoms with Crippen LogP contribution in [0.15, 0.2) is 40.9 Å². The maximum atomic E-state index is 5.57. The maximum absolute atomic E-state index is 5.57. The molecule has 2 aromatic rings. The fourth-order valence-electron chi connectivity index (χ4n) is 2.17. The summed E-state index contributed by atoms with van der Waals surface area (Å²) in [5.74, 6) is 2.71. The molecule has 0 saturated heterocycles. The molecule has 3 nitrogen and oxygen atoms in total. The summed E-state index contributed by atoms with van der Waals surface area (Å²) in [6.45, 7) is 0.378. The predicted molar refractivity (Wildman–Crippen MR) is 60.9 cm³/mol. The average molecular weight is 214 g/mol. The van der Waals surface area contributed by atoms with Gasteiger partial charge < -0.3 is 10.2 Å². The third-order valence-electron chi connectivity index (χ3n) is 3.13. The second kappa shape index (κ2) is 3.76. The van der Waals surface area contributed by atoms with Crippen molar-refractivity contribution < 1.29 is 4.42 Å². The van der Waals surface area contributed by atoms with Crippen LogP contribution >= 0.6 is 0 Å². The summed E-state index contributed by atoms with van der Waals surface area (Å²) in [4.78, 5) is 4.13. The average Bonchev–Trinajstić information content (AvgIpc) is 3.01. The normalized spacial score (nSPS) is 23.3. The highest BCUT2D eigenvalue weighted by atomic mass is 16.4. The van der Waals surface area contributed by atoms with E-state index < -0.39 is 0 Å². The van der Waals surface area contributed by atoms with E-state index in [1.807, 2.05) is 12.3 Å². The van der Waals surface area contributed by atoms with Crippen molar-refractivity contribution in [2.24, 2.45) is 5.73 Å². The van der Waals surface area contributed by atoms with Gasteiger partial charge in [-0.05, 0) is 17.9 Å². The number of benzene rings is 1. The molecule has 1 aromatic heterocycles. The molecule has 0 radical (unpaired) electrons. The molecule has 2 N–H and O–H groups in total. The molecule has 16 heavy (non-hydrogen) atoms. The highest BCUT2D eigenvalue weighted by Gasteiger charge is 2.41. The van der Waals surface area contributed by atoms with Crippen LogP contribution in [0.1, 0.15) is 35.5 Å². The van der Waals surface area contributed by atoms with Gasteiger partial charge in [0.2, 0.25) is 5.89 Å². The zero-order chi connectivity index (χ0) is 11.0. The molecule has 2 unspecified atom stereocenters. The second-order valence-corrected chi connectivity index (χ2v) is 4.22. The molecule has 82 valence electrons. The zero-order valence-electron chi connectivity index (χ0n) is 8.97. The lowest BCUT2D eigenvalue weighted by Crippen LogP contribution is -1.94. The summed E-state index contributed by atoms with van der Waals surface area (Å²) >= 11 is 0. The van der Waals surface area contributed by atoms with Crippen molar-refractivity contribution >= 4 is 0 Å². The molecule has 1 heterocycles. The smallest absolute Gasteiger partial charge is 0.208 e. The van der Waals surface area contributed by atoms with E-state index in [1.165, 1.54) is 5.56 Å². The van der Waals surface area contributed by atoms with Crippen LogP contribution in [-0.4, -0.2) is 4.98 Å². The summed E-state index contributed by atoms with van der Waals surface area (Å²) in [6, 6.07) is 10.5. The number of rotatable bonds is 3. The Morgan fingerprint density at radius 1 is 1.25 bits per heavy atom. The van der Waals surface area contributed by atoms with E-state index in [0.29, 0.717) is 24.3 Å². The van der Waals surface area contributed by atoms with Crippen molar-refractivity contribution in [1.29, 1.82) is 0 Å². The van der Waals surface area contributed by atoms with Crippen LogP contribution in [0.3, 0.4) is 0 Å². The van der Waals surface area contributed by atoms with Gasteiger partial charge in [-0.2, -0.15) is 0 Å². The number of aromatic nitrogens is 1. The number of nitrogens with zero attached hydrogens (tertiary/aromatic N) is 1. The fraction of sp³-hybridized carbons (Fsp3) is 0.308. The first kappa shape index (κ1) is 9.60. The molecular weight excluding hydrogens is 200 g/mol. The lowest BCUT2D eigenvalue weighted by Gasteiger charge is -1.97. The highest BCUT2D eigenvalue weighted by molar-refractivity contribution is 5.31. The Bertz CT molecular complexity index is 478. The van der Waals surface area contributed by atoms with Crippen molar-refractivity contribution in [2.75, 3.05) is 0 Å². The Hall–Kier alpha value is -1.61. The van der Waals surface area contributed by atoms with Gasteiger partial charge in [-0.1, -0.05) is 30.3 Å². The first-order valence-corrected chi connectivity index (χ1v) is 5.58. The van der Waals surface area contributed by atoms with Crippen molar-refractivity contribution in [3.63, 3.8) is 0 Å². The Morgan fingerprint density at radius 3 is 2.75 bits per heavy atom. The highest BCUT2D eigenvalue weighted by Crippen LogP contribution is 2.54. The number of oxazole rings is 1. The quantitative estimate of drug-likeness (QED) is 0.853. The molecule has 3 rings (SSSR count). The third-order valence-corrected chi connectivity index (χ3v) is 3.13. The van der Waals surface area contributed by atoms with E-state index in [0.717, 1.165) is 12.2 Å². The first-order chi connectivity index (χ1) is 7.88. The van der Waals surface area contributed by atoms with Crippen LogP contribution in [-0.2, 0) is 6.54 Å². The molecule has 1 aliphatic carbocycles. The van der Waals surface area contributed by atoms with Crippen LogP contribution in [0.2, 0.25) is 0 Å². The number of nitrogens with two attached hydrogens (primary N) is 1. The Morgan fingerprint density at radius 2 is 2.06 bits per heavy atom. The van der Waals surface area contributed by atoms with Gasteiger partial charge in [-0.3, -0.25) is 0 Å². The third kappa shape index (κ3) is 1.63. The van der Waals surface area contributed by atoms with Gasteiger partial charge in [0.1, 0.15) is 5.76 Å². The predicted octanol–water partition coefficient (Wildman–Crippen LogP) is 2.40. The van der Waals surface area contributed by atoms with Gasteiger partial charge >= 0.3 is 0 Å². The van der Waals surface area contributed by atoms with Crippen LogP contribution in [0, 0.1) is 0 Å². The minimum absolute atomic E-state index is 0.378. The van der Waals surface area contributed by atoms with E-state index >= 15 is 0 Å². The summed E-state index contributed by atoms with van der Waals surface area (Å²) in [5, 5.41) is 0. The van der Waals surface area contributed by atoms with Crippen LogP contribution in [0.4, 0.5) is 0 Å². The SMILES string of the molecule is NCc1ncc(C2CC2c2ccccc2)o1. The van der Waals surface area contributed by atoms with Gasteiger partial charge in [0.05, 0.1) is 12.7 Å². The van der Waals surface area contributed by atoms with Gasteiger partial charge in [0.25, 0.3) is 0 Å². The minimum Gasteiger partial charge on any atom is -0.444 e. The zero-order valence-corrected chi connectivity index (χ0v) is 8.97. The summed E-state index contributed by atoms with van der Waals surface area (Å²) in [7, 11) is 0. The summed E-state index contributed by atoms with van der Waals surface area (Å²) < 4.78 is 5.57. The molecule has 1 aliphatic rings. The molecular formula is C13H14N2O. The van der Waals surface area contributed by atoms with E-state index in [2.05, 4.69) is 29.2 Å². The standard InChI is InChI=1S/C13H14N2O/c14-7-13-15-8-12(16-13)11-6-10(11)9-4-2-1-3-5-9/h1-5,8,10-11H,6-7,14H2. The van der Waals surface area contributed by atoms with Crippen LogP contribution in [0.5, 0.6) is 0 Å². The fourth-order valence-corrected chi connectivity index (χ4v) is 2.17. The van der Waals surface area contributed by atoms with Crippen LogP contribution < -0.4 is 5.73 Å². The van der Waals surface area contributed by atoms with E-state index in [9.17, 15) is 0 Å². The molecule has 2 atom stereocenters. The molecule has 1 saturated carbocycles. The van der Waals surface area contributed by atoms with E-state index in [-0.39, 0.29) is 0 Å². The summed E-state index contributed by atoms with van der Waals surface area (Å²) in [5.41, 5.74) is 6.86. The van der Waals surface area contributed by atoms with Crippen molar-refractivity contribution in [1.82, 2.24) is 4.98 Å². The molecule has 3 heteroatoms. The van der Waals surface area contributed by atoms with Gasteiger partial charge in [0, 0.05) is 5.92 Å². The Labute approximate surface area is 94.3 Å². The monoisotopic (exact) mass is 214 g/mol. The molecule has 1 fully saturated rings. The van der Waals surface area contributed by atoms with Crippen molar-refractivity contribution in [3.05, 3.63) is 53.7 Å². The van der Waals surface area contributed by atoms with Gasteiger partial charge in [-0.25, -0.2) is 4.98 Å².